The Morgan fingerprint density at radius 1 is 1.44 bits per heavy atom. The zero-order valence-electron chi connectivity index (χ0n) is 9.82. The summed E-state index contributed by atoms with van der Waals surface area (Å²) in [5, 5.41) is 8.51. The van der Waals surface area contributed by atoms with Gasteiger partial charge < -0.3 is 10.0 Å². The summed E-state index contributed by atoms with van der Waals surface area (Å²) in [4.78, 5) is 23.4. The molecule has 0 heterocycles. The lowest BCUT2D eigenvalue weighted by atomic mass is 10.1. The summed E-state index contributed by atoms with van der Waals surface area (Å²) in [6.45, 7) is 0.146. The maximum Gasteiger partial charge on any atom is 0.305 e. The van der Waals surface area contributed by atoms with Gasteiger partial charge in [0.2, 0.25) is 5.91 Å². The molecule has 1 rings (SSSR count). The number of rotatable bonds is 5. The van der Waals surface area contributed by atoms with Crippen LogP contribution in [-0.4, -0.2) is 35.5 Å². The van der Waals surface area contributed by atoms with Crippen molar-refractivity contribution >= 4 is 27.8 Å². The van der Waals surface area contributed by atoms with Crippen molar-refractivity contribution in [1.82, 2.24) is 4.90 Å². The Kier molecular flexibility index (Phi) is 5.27. The first-order chi connectivity index (χ1) is 8.40. The number of carbonyl (C=O) groups is 2. The smallest absolute Gasteiger partial charge is 0.305 e. The van der Waals surface area contributed by atoms with E-state index in [9.17, 15) is 14.0 Å². The van der Waals surface area contributed by atoms with Crippen LogP contribution in [0.1, 0.15) is 12.0 Å². The summed E-state index contributed by atoms with van der Waals surface area (Å²) in [6.07, 6.45) is -0.0444. The maximum atomic E-state index is 13.2. The summed E-state index contributed by atoms with van der Waals surface area (Å²) < 4.78 is 13.6. The topological polar surface area (TPSA) is 57.6 Å². The highest BCUT2D eigenvalue weighted by atomic mass is 79.9. The Morgan fingerprint density at radius 3 is 2.67 bits per heavy atom. The van der Waals surface area contributed by atoms with E-state index in [1.807, 2.05) is 0 Å². The molecule has 1 N–H and O–H groups in total. The molecule has 0 saturated carbocycles. The first kappa shape index (κ1) is 14.6. The number of aliphatic carboxylic acids is 1. The first-order valence-corrected chi connectivity index (χ1v) is 6.09. The van der Waals surface area contributed by atoms with Gasteiger partial charge in [-0.3, -0.25) is 9.59 Å². The minimum Gasteiger partial charge on any atom is -0.481 e. The Bertz CT molecular complexity index is 465. The van der Waals surface area contributed by atoms with Crippen molar-refractivity contribution in [3.05, 3.63) is 34.1 Å². The van der Waals surface area contributed by atoms with E-state index in [0.29, 0.717) is 10.0 Å². The van der Waals surface area contributed by atoms with E-state index < -0.39 is 11.8 Å². The largest absolute Gasteiger partial charge is 0.481 e. The second kappa shape index (κ2) is 6.49. The molecule has 1 amide bonds. The highest BCUT2D eigenvalue weighted by Crippen LogP contribution is 2.17. The molecule has 0 atom stereocenters. The minimum atomic E-state index is -0.954. The zero-order chi connectivity index (χ0) is 13.7. The van der Waals surface area contributed by atoms with Gasteiger partial charge in [-0.1, -0.05) is 6.07 Å². The minimum absolute atomic E-state index is 0.0559. The summed E-state index contributed by atoms with van der Waals surface area (Å²) in [6, 6.07) is 4.47. The lowest BCUT2D eigenvalue weighted by Gasteiger charge is -2.16. The van der Waals surface area contributed by atoms with Crippen molar-refractivity contribution < 1.29 is 19.1 Å². The van der Waals surface area contributed by atoms with Crippen molar-refractivity contribution in [3.63, 3.8) is 0 Å². The van der Waals surface area contributed by atoms with E-state index >= 15 is 0 Å². The number of carboxylic acids is 1. The van der Waals surface area contributed by atoms with E-state index in [0.717, 1.165) is 0 Å². The van der Waals surface area contributed by atoms with Crippen molar-refractivity contribution in [3.8, 4) is 0 Å². The monoisotopic (exact) mass is 317 g/mol. The summed E-state index contributed by atoms with van der Waals surface area (Å²) in [7, 11) is 1.53. The number of carbonyl (C=O) groups excluding carboxylic acids is 1. The van der Waals surface area contributed by atoms with Crippen molar-refractivity contribution in [2.24, 2.45) is 0 Å². The molecule has 0 spiro atoms. The average molecular weight is 318 g/mol. The van der Waals surface area contributed by atoms with Crippen LogP contribution in [-0.2, 0) is 16.0 Å². The third-order valence-electron chi connectivity index (χ3n) is 2.43. The van der Waals surface area contributed by atoms with Crippen LogP contribution in [0.2, 0.25) is 0 Å². The van der Waals surface area contributed by atoms with Crippen molar-refractivity contribution in [1.29, 1.82) is 0 Å². The van der Waals surface area contributed by atoms with Gasteiger partial charge in [-0.25, -0.2) is 4.39 Å². The van der Waals surface area contributed by atoms with Gasteiger partial charge in [0.1, 0.15) is 5.82 Å². The summed E-state index contributed by atoms with van der Waals surface area (Å²) in [5.41, 5.74) is 0.558. The number of halogens is 2. The summed E-state index contributed by atoms with van der Waals surface area (Å²) in [5.74, 6) is -1.62. The van der Waals surface area contributed by atoms with E-state index in [4.69, 9.17) is 5.11 Å². The van der Waals surface area contributed by atoms with E-state index in [1.54, 1.807) is 6.07 Å². The van der Waals surface area contributed by atoms with Gasteiger partial charge in [0.05, 0.1) is 17.3 Å². The molecule has 0 aliphatic carbocycles. The fourth-order valence-corrected chi connectivity index (χ4v) is 1.59. The Labute approximate surface area is 113 Å². The third-order valence-corrected chi connectivity index (χ3v) is 3.07. The standard InChI is InChI=1S/C12H13BrFNO3/c1-15(5-4-12(17)18)11(16)7-8-2-3-9(13)10(14)6-8/h2-3,6H,4-5,7H2,1H3,(H,17,18). The molecule has 98 valence electrons. The van der Waals surface area contributed by atoms with Gasteiger partial charge in [-0.05, 0) is 33.6 Å². The summed E-state index contributed by atoms with van der Waals surface area (Å²) >= 11 is 3.03. The van der Waals surface area contributed by atoms with Crippen molar-refractivity contribution in [2.75, 3.05) is 13.6 Å². The Balaban J connectivity index is 2.58. The van der Waals surface area contributed by atoms with Gasteiger partial charge >= 0.3 is 5.97 Å². The molecule has 4 nitrogen and oxygen atoms in total. The van der Waals surface area contributed by atoms with Gasteiger partial charge in [0, 0.05) is 13.6 Å². The number of benzene rings is 1. The lowest BCUT2D eigenvalue weighted by molar-refractivity contribution is -0.138. The highest BCUT2D eigenvalue weighted by Gasteiger charge is 2.12. The molecular formula is C12H13BrFNO3. The number of carboxylic acid groups (broad SMARTS) is 1. The number of nitrogens with zero attached hydrogens (tertiary/aromatic N) is 1. The van der Waals surface area contributed by atoms with E-state index in [1.165, 1.54) is 24.1 Å². The Hall–Kier alpha value is -1.43. The van der Waals surface area contributed by atoms with Crippen LogP contribution in [0.15, 0.2) is 22.7 Å². The molecular weight excluding hydrogens is 305 g/mol. The zero-order valence-corrected chi connectivity index (χ0v) is 11.4. The van der Waals surface area contributed by atoms with Gasteiger partial charge in [0.25, 0.3) is 0 Å². The van der Waals surface area contributed by atoms with Crippen LogP contribution in [0.25, 0.3) is 0 Å². The molecule has 0 radical (unpaired) electrons. The highest BCUT2D eigenvalue weighted by molar-refractivity contribution is 9.10. The normalized spacial score (nSPS) is 10.2. The molecule has 1 aromatic rings. The lowest BCUT2D eigenvalue weighted by Crippen LogP contribution is -2.30. The second-order valence-corrected chi connectivity index (χ2v) is 4.74. The predicted octanol–water partition coefficient (Wildman–Crippen LogP) is 2.06. The molecule has 6 heteroatoms. The molecule has 0 aliphatic heterocycles. The van der Waals surface area contributed by atoms with Crippen molar-refractivity contribution in [2.45, 2.75) is 12.8 Å². The fraction of sp³-hybridized carbons (Fsp3) is 0.333. The molecule has 0 aliphatic rings. The number of hydrogen-bond donors (Lipinski definition) is 1. The predicted molar refractivity (Wildman–Crippen MR) is 67.7 cm³/mol. The molecule has 18 heavy (non-hydrogen) atoms. The number of amides is 1. The quantitative estimate of drug-likeness (QED) is 0.904. The van der Waals surface area contributed by atoms with Gasteiger partial charge in [0.15, 0.2) is 0 Å². The van der Waals surface area contributed by atoms with E-state index in [2.05, 4.69) is 15.9 Å². The van der Waals surface area contributed by atoms with Gasteiger partial charge in [-0.2, -0.15) is 0 Å². The molecule has 1 aromatic carbocycles. The van der Waals surface area contributed by atoms with E-state index in [-0.39, 0.29) is 25.3 Å². The van der Waals surface area contributed by atoms with Gasteiger partial charge in [-0.15, -0.1) is 0 Å². The fourth-order valence-electron chi connectivity index (χ4n) is 1.35. The molecule has 0 saturated heterocycles. The SMILES string of the molecule is CN(CCC(=O)O)C(=O)Cc1ccc(Br)c(F)c1. The van der Waals surface area contributed by atoms with Crippen LogP contribution in [0.3, 0.4) is 0 Å². The second-order valence-electron chi connectivity index (χ2n) is 3.88. The molecule has 0 aromatic heterocycles. The first-order valence-electron chi connectivity index (χ1n) is 5.30. The Morgan fingerprint density at radius 2 is 2.11 bits per heavy atom. The maximum absolute atomic E-state index is 13.2. The third kappa shape index (κ3) is 4.44. The van der Waals surface area contributed by atoms with Crippen LogP contribution in [0.4, 0.5) is 4.39 Å². The number of hydrogen-bond acceptors (Lipinski definition) is 2. The molecule has 0 bridgehead atoms. The van der Waals surface area contributed by atoms with Crippen LogP contribution < -0.4 is 0 Å². The van der Waals surface area contributed by atoms with Crippen LogP contribution in [0, 0.1) is 5.82 Å². The average Bonchev–Trinajstić information content (AvgIpc) is 2.30. The number of likely N-dealkylation sites (N-methyl/N-ethyl adjacent to an activating group) is 1. The van der Waals surface area contributed by atoms with Crippen LogP contribution in [0.5, 0.6) is 0 Å². The molecule has 0 unspecified atom stereocenters. The molecule has 0 fully saturated rings. The van der Waals surface area contributed by atoms with Crippen LogP contribution >= 0.6 is 15.9 Å².